The second kappa shape index (κ2) is 9.33. The Morgan fingerprint density at radius 3 is 2.29 bits per heavy atom. The molecule has 166 valence electrons. The molecule has 8 nitrogen and oxygen atoms in total. The number of rotatable bonds is 6. The van der Waals surface area contributed by atoms with Gasteiger partial charge in [-0.15, -0.1) is 0 Å². The van der Waals surface area contributed by atoms with Crippen LogP contribution in [0.1, 0.15) is 16.1 Å². The van der Waals surface area contributed by atoms with Gasteiger partial charge in [-0.05, 0) is 61.0 Å². The number of nitrogens with zero attached hydrogens (tertiary/aromatic N) is 4. The Morgan fingerprint density at radius 1 is 0.735 bits per heavy atom. The van der Waals surface area contributed by atoms with E-state index < -0.39 is 0 Å². The third kappa shape index (κ3) is 4.97. The summed E-state index contributed by atoms with van der Waals surface area (Å²) in [5.41, 5.74) is 3.74. The number of aryl methyl sites for hydroxylation is 1. The van der Waals surface area contributed by atoms with Gasteiger partial charge in [-0.1, -0.05) is 24.3 Å². The van der Waals surface area contributed by atoms with Crippen LogP contribution in [0, 0.1) is 6.92 Å². The molecule has 1 amide bonds. The van der Waals surface area contributed by atoms with E-state index in [1.54, 1.807) is 18.3 Å². The zero-order valence-corrected chi connectivity index (χ0v) is 18.4. The average Bonchev–Trinajstić information content (AvgIpc) is 2.85. The lowest BCUT2D eigenvalue weighted by Gasteiger charge is -2.10. The van der Waals surface area contributed by atoms with Crippen molar-refractivity contribution in [3.05, 3.63) is 103 Å². The van der Waals surface area contributed by atoms with E-state index in [0.29, 0.717) is 28.8 Å². The molecule has 34 heavy (non-hydrogen) atoms. The van der Waals surface area contributed by atoms with Crippen molar-refractivity contribution in [2.24, 2.45) is 0 Å². The van der Waals surface area contributed by atoms with Crippen LogP contribution in [0.2, 0.25) is 0 Å². The third-order valence-corrected chi connectivity index (χ3v) is 5.08. The molecule has 3 N–H and O–H groups in total. The smallest absolute Gasteiger partial charge is 0.274 e. The highest BCUT2D eigenvalue weighted by molar-refractivity contribution is 6.04. The number of hydrogen-bond acceptors (Lipinski definition) is 7. The summed E-state index contributed by atoms with van der Waals surface area (Å²) in [4.78, 5) is 29.9. The van der Waals surface area contributed by atoms with Crippen molar-refractivity contribution >= 4 is 45.6 Å². The van der Waals surface area contributed by atoms with Crippen LogP contribution < -0.4 is 16.0 Å². The minimum absolute atomic E-state index is 0.261. The summed E-state index contributed by atoms with van der Waals surface area (Å²) >= 11 is 0. The lowest BCUT2D eigenvalue weighted by molar-refractivity contribution is 0.102. The van der Waals surface area contributed by atoms with E-state index in [0.717, 1.165) is 22.2 Å². The molecule has 3 aromatic heterocycles. The third-order valence-electron chi connectivity index (χ3n) is 5.08. The fourth-order valence-corrected chi connectivity index (χ4v) is 3.40. The van der Waals surface area contributed by atoms with Gasteiger partial charge in [0, 0.05) is 29.0 Å². The van der Waals surface area contributed by atoms with Crippen LogP contribution in [0.5, 0.6) is 0 Å². The van der Waals surface area contributed by atoms with E-state index in [1.165, 1.54) is 6.33 Å². The van der Waals surface area contributed by atoms with E-state index in [9.17, 15) is 4.79 Å². The summed E-state index contributed by atoms with van der Waals surface area (Å²) in [6, 6.07) is 24.3. The Kier molecular flexibility index (Phi) is 5.77. The topological polar surface area (TPSA) is 105 Å². The van der Waals surface area contributed by atoms with Gasteiger partial charge in [0.25, 0.3) is 5.91 Å². The molecule has 0 aliphatic carbocycles. The van der Waals surface area contributed by atoms with Crippen molar-refractivity contribution < 1.29 is 4.79 Å². The molecule has 0 spiro atoms. The molecule has 0 atom stereocenters. The van der Waals surface area contributed by atoms with E-state index >= 15 is 0 Å². The maximum atomic E-state index is 12.6. The number of nitrogens with one attached hydrogen (secondary N) is 3. The summed E-state index contributed by atoms with van der Waals surface area (Å²) in [7, 11) is 0. The Hall–Kier alpha value is -4.85. The zero-order chi connectivity index (χ0) is 23.3. The van der Waals surface area contributed by atoms with Crippen molar-refractivity contribution in [3.63, 3.8) is 0 Å². The zero-order valence-electron chi connectivity index (χ0n) is 18.4. The molecule has 5 aromatic rings. The van der Waals surface area contributed by atoms with E-state index in [2.05, 4.69) is 35.9 Å². The molecule has 2 aromatic carbocycles. The number of carbonyl (C=O) groups is 1. The number of amides is 1. The number of anilines is 5. The van der Waals surface area contributed by atoms with Gasteiger partial charge in [0.1, 0.15) is 29.5 Å². The SMILES string of the molecule is Cc1ccnc(Nc2cc(Nc3ccc(NC(=O)c4ccc5ccccc5n4)cc3)ncn2)c1. The lowest BCUT2D eigenvalue weighted by Crippen LogP contribution is -2.13. The number of pyridine rings is 2. The van der Waals surface area contributed by atoms with Gasteiger partial charge in [-0.25, -0.2) is 19.9 Å². The van der Waals surface area contributed by atoms with Crippen molar-refractivity contribution in [1.82, 2.24) is 19.9 Å². The van der Waals surface area contributed by atoms with Crippen LogP contribution in [0.25, 0.3) is 10.9 Å². The second-order valence-corrected chi connectivity index (χ2v) is 7.68. The molecule has 0 saturated heterocycles. The van der Waals surface area contributed by atoms with Crippen molar-refractivity contribution in [3.8, 4) is 0 Å². The molecule has 0 saturated carbocycles. The van der Waals surface area contributed by atoms with Gasteiger partial charge in [0.05, 0.1) is 5.52 Å². The van der Waals surface area contributed by atoms with Crippen LogP contribution >= 0.6 is 0 Å². The summed E-state index contributed by atoms with van der Waals surface area (Å²) < 4.78 is 0. The van der Waals surface area contributed by atoms with E-state index in [4.69, 9.17) is 0 Å². The molecule has 0 aliphatic rings. The standard InChI is InChI=1S/C26H21N7O/c1-17-12-13-27-23(14-17)33-25-15-24(28-16-29-25)30-19-7-9-20(10-8-19)31-26(34)22-11-6-18-4-2-3-5-21(18)32-22/h2-16H,1H3,(H,31,34)(H2,27,28,29,30,33). The predicted octanol–water partition coefficient (Wildman–Crippen LogP) is 5.47. The Morgan fingerprint density at radius 2 is 1.47 bits per heavy atom. The fraction of sp³-hybridized carbons (Fsp3) is 0.0385. The van der Waals surface area contributed by atoms with Gasteiger partial charge in [0.15, 0.2) is 0 Å². The summed E-state index contributed by atoms with van der Waals surface area (Å²) in [6.45, 7) is 2.00. The number of para-hydroxylation sites is 1. The van der Waals surface area contributed by atoms with Gasteiger partial charge < -0.3 is 16.0 Å². The highest BCUT2D eigenvalue weighted by Crippen LogP contribution is 2.21. The minimum atomic E-state index is -0.261. The fourth-order valence-electron chi connectivity index (χ4n) is 3.40. The molecule has 0 aliphatic heterocycles. The summed E-state index contributed by atoms with van der Waals surface area (Å²) in [6.07, 6.45) is 3.22. The monoisotopic (exact) mass is 447 g/mol. The van der Waals surface area contributed by atoms with Gasteiger partial charge in [-0.3, -0.25) is 4.79 Å². The molecule has 0 radical (unpaired) electrons. The molecule has 5 rings (SSSR count). The highest BCUT2D eigenvalue weighted by atomic mass is 16.1. The molecular weight excluding hydrogens is 426 g/mol. The number of aromatic nitrogens is 4. The molecular formula is C26H21N7O. The van der Waals surface area contributed by atoms with Crippen molar-refractivity contribution in [1.29, 1.82) is 0 Å². The number of carbonyl (C=O) groups excluding carboxylic acids is 1. The molecule has 0 bridgehead atoms. The Balaban J connectivity index is 1.24. The number of fused-ring (bicyclic) bond motifs is 1. The van der Waals surface area contributed by atoms with Crippen LogP contribution in [-0.4, -0.2) is 25.8 Å². The number of benzene rings is 2. The summed E-state index contributed by atoms with van der Waals surface area (Å²) in [5, 5.41) is 10.3. The maximum Gasteiger partial charge on any atom is 0.274 e. The van der Waals surface area contributed by atoms with Crippen molar-refractivity contribution in [2.45, 2.75) is 6.92 Å². The first-order valence-corrected chi connectivity index (χ1v) is 10.7. The van der Waals surface area contributed by atoms with Crippen LogP contribution in [-0.2, 0) is 0 Å². The first kappa shape index (κ1) is 21.0. The quantitative estimate of drug-likeness (QED) is 0.317. The maximum absolute atomic E-state index is 12.6. The lowest BCUT2D eigenvalue weighted by atomic mass is 10.2. The van der Waals surface area contributed by atoms with Crippen LogP contribution in [0.3, 0.4) is 0 Å². The summed E-state index contributed by atoms with van der Waals surface area (Å²) in [5.74, 6) is 1.71. The average molecular weight is 448 g/mol. The highest BCUT2D eigenvalue weighted by Gasteiger charge is 2.09. The van der Waals surface area contributed by atoms with Gasteiger partial charge in [-0.2, -0.15) is 0 Å². The Bertz CT molecular complexity index is 1470. The molecule has 8 heteroatoms. The first-order valence-electron chi connectivity index (χ1n) is 10.7. The predicted molar refractivity (Wildman–Crippen MR) is 134 cm³/mol. The van der Waals surface area contributed by atoms with Crippen LogP contribution in [0.4, 0.5) is 28.8 Å². The largest absolute Gasteiger partial charge is 0.340 e. The Labute approximate surface area is 196 Å². The number of hydrogen-bond donors (Lipinski definition) is 3. The molecule has 0 fully saturated rings. The second-order valence-electron chi connectivity index (χ2n) is 7.68. The van der Waals surface area contributed by atoms with E-state index in [-0.39, 0.29) is 5.91 Å². The van der Waals surface area contributed by atoms with Crippen molar-refractivity contribution in [2.75, 3.05) is 16.0 Å². The van der Waals surface area contributed by atoms with Crippen LogP contribution in [0.15, 0.2) is 91.4 Å². The first-order chi connectivity index (χ1) is 16.6. The van der Waals surface area contributed by atoms with E-state index in [1.807, 2.05) is 73.7 Å². The normalized spacial score (nSPS) is 10.6. The molecule has 0 unspecified atom stereocenters. The minimum Gasteiger partial charge on any atom is -0.340 e. The molecule has 3 heterocycles. The van der Waals surface area contributed by atoms with Gasteiger partial charge in [0.2, 0.25) is 0 Å². The van der Waals surface area contributed by atoms with Gasteiger partial charge >= 0.3 is 0 Å².